The zero-order valence-electron chi connectivity index (χ0n) is 9.91. The summed E-state index contributed by atoms with van der Waals surface area (Å²) in [5.74, 6) is 0.875. The van der Waals surface area contributed by atoms with Crippen LogP contribution >= 0.6 is 0 Å². The summed E-state index contributed by atoms with van der Waals surface area (Å²) >= 11 is 0. The monoisotopic (exact) mass is 215 g/mol. The second-order valence-electron chi connectivity index (χ2n) is 4.41. The van der Waals surface area contributed by atoms with Crippen LogP contribution in [0.25, 0.3) is 11.3 Å². The van der Waals surface area contributed by atoms with Crippen LogP contribution in [0.5, 0.6) is 0 Å². The highest BCUT2D eigenvalue weighted by Gasteiger charge is 2.13. The summed E-state index contributed by atoms with van der Waals surface area (Å²) in [5.41, 5.74) is 10.1. The Labute approximate surface area is 95.7 Å². The van der Waals surface area contributed by atoms with Crippen LogP contribution in [0.4, 0.5) is 5.95 Å². The third-order valence-corrected chi connectivity index (χ3v) is 2.65. The fourth-order valence-electron chi connectivity index (χ4n) is 1.76. The molecule has 0 amide bonds. The Kier molecular flexibility index (Phi) is 2.69. The summed E-state index contributed by atoms with van der Waals surface area (Å²) < 4.78 is 0. The lowest BCUT2D eigenvalue weighted by Gasteiger charge is -2.05. The molecule has 0 radical (unpaired) electrons. The van der Waals surface area contributed by atoms with E-state index in [0.29, 0.717) is 11.9 Å². The van der Waals surface area contributed by atoms with Crippen molar-refractivity contribution in [2.24, 2.45) is 0 Å². The van der Waals surface area contributed by atoms with Crippen LogP contribution in [0.1, 0.15) is 31.0 Å². The van der Waals surface area contributed by atoms with Crippen molar-refractivity contribution in [2.45, 2.75) is 26.7 Å². The first kappa shape index (κ1) is 10.7. The van der Waals surface area contributed by atoms with Gasteiger partial charge in [-0.1, -0.05) is 43.7 Å². The number of nitrogen functional groups attached to an aromatic ring is 1. The summed E-state index contributed by atoms with van der Waals surface area (Å²) in [5, 5.41) is 0. The Morgan fingerprint density at radius 2 is 1.81 bits per heavy atom. The number of hydrogen-bond acceptors (Lipinski definition) is 2. The number of rotatable bonds is 2. The number of anilines is 1. The molecule has 1 aromatic carbocycles. The molecule has 1 heterocycles. The van der Waals surface area contributed by atoms with Crippen LogP contribution in [-0.4, -0.2) is 9.97 Å². The Balaban J connectivity index is 2.50. The number of aryl methyl sites for hydroxylation is 1. The van der Waals surface area contributed by atoms with Crippen molar-refractivity contribution in [3.63, 3.8) is 0 Å². The Morgan fingerprint density at radius 3 is 2.38 bits per heavy atom. The van der Waals surface area contributed by atoms with Crippen molar-refractivity contribution >= 4 is 5.95 Å². The van der Waals surface area contributed by atoms with Gasteiger partial charge in [-0.25, -0.2) is 4.98 Å². The van der Waals surface area contributed by atoms with E-state index in [1.165, 1.54) is 5.56 Å². The molecule has 0 spiro atoms. The lowest BCUT2D eigenvalue weighted by atomic mass is 10.0. The van der Waals surface area contributed by atoms with Gasteiger partial charge in [0.25, 0.3) is 0 Å². The lowest BCUT2D eigenvalue weighted by Crippen LogP contribution is -1.91. The number of H-pyrrole nitrogens is 1. The molecule has 3 heteroatoms. The van der Waals surface area contributed by atoms with E-state index in [4.69, 9.17) is 5.73 Å². The molecular formula is C13H17N3. The molecule has 2 aromatic rings. The van der Waals surface area contributed by atoms with Gasteiger partial charge in [-0.15, -0.1) is 0 Å². The van der Waals surface area contributed by atoms with E-state index in [9.17, 15) is 0 Å². The first-order chi connectivity index (χ1) is 7.58. The van der Waals surface area contributed by atoms with E-state index < -0.39 is 0 Å². The van der Waals surface area contributed by atoms with Crippen molar-refractivity contribution < 1.29 is 0 Å². The fourth-order valence-corrected chi connectivity index (χ4v) is 1.76. The summed E-state index contributed by atoms with van der Waals surface area (Å²) in [7, 11) is 0. The predicted molar refractivity (Wildman–Crippen MR) is 67.3 cm³/mol. The number of benzene rings is 1. The van der Waals surface area contributed by atoms with E-state index in [1.807, 2.05) is 0 Å². The minimum atomic E-state index is 0.390. The van der Waals surface area contributed by atoms with E-state index in [-0.39, 0.29) is 0 Å². The van der Waals surface area contributed by atoms with Gasteiger partial charge in [0.2, 0.25) is 0 Å². The minimum Gasteiger partial charge on any atom is -0.369 e. The molecule has 1 aromatic heterocycles. The van der Waals surface area contributed by atoms with Crippen LogP contribution in [0.2, 0.25) is 0 Å². The summed E-state index contributed by atoms with van der Waals surface area (Å²) in [6.45, 7) is 6.33. The summed E-state index contributed by atoms with van der Waals surface area (Å²) in [4.78, 5) is 7.48. The smallest absolute Gasteiger partial charge is 0.198 e. The zero-order chi connectivity index (χ0) is 11.7. The van der Waals surface area contributed by atoms with Crippen molar-refractivity contribution in [1.29, 1.82) is 0 Å². The van der Waals surface area contributed by atoms with E-state index in [0.717, 1.165) is 17.0 Å². The molecule has 0 aliphatic carbocycles. The molecule has 0 atom stereocenters. The Bertz CT molecular complexity index is 480. The number of nitrogens with one attached hydrogen (secondary N) is 1. The standard InChI is InChI=1S/C13H17N3/c1-8(2)11-12(16-13(14)15-11)10-6-4-9(3)5-7-10/h4-8H,1-3H3,(H3,14,15,16). The molecule has 16 heavy (non-hydrogen) atoms. The summed E-state index contributed by atoms with van der Waals surface area (Å²) in [6.07, 6.45) is 0. The van der Waals surface area contributed by atoms with Gasteiger partial charge in [0.05, 0.1) is 5.69 Å². The molecule has 0 unspecified atom stereocenters. The van der Waals surface area contributed by atoms with Crippen LogP contribution in [-0.2, 0) is 0 Å². The highest BCUT2D eigenvalue weighted by atomic mass is 15.0. The lowest BCUT2D eigenvalue weighted by molar-refractivity contribution is 0.836. The van der Waals surface area contributed by atoms with Crippen LogP contribution in [0.15, 0.2) is 24.3 Å². The minimum absolute atomic E-state index is 0.390. The number of imidazole rings is 1. The number of nitrogens with zero attached hydrogens (tertiary/aromatic N) is 1. The number of aromatic nitrogens is 2. The highest BCUT2D eigenvalue weighted by molar-refractivity contribution is 5.64. The topological polar surface area (TPSA) is 54.7 Å². The second-order valence-corrected chi connectivity index (χ2v) is 4.41. The SMILES string of the molecule is Cc1ccc(-c2nc(N)[nH]c2C(C)C)cc1. The second kappa shape index (κ2) is 4.00. The molecule has 84 valence electrons. The van der Waals surface area contributed by atoms with Gasteiger partial charge >= 0.3 is 0 Å². The number of aromatic amines is 1. The molecule has 0 bridgehead atoms. The van der Waals surface area contributed by atoms with Gasteiger partial charge in [0.15, 0.2) is 5.95 Å². The maximum atomic E-state index is 5.72. The zero-order valence-corrected chi connectivity index (χ0v) is 9.91. The molecule has 0 saturated heterocycles. The average Bonchev–Trinajstić information content (AvgIpc) is 2.61. The quantitative estimate of drug-likeness (QED) is 0.808. The molecule has 3 nitrogen and oxygen atoms in total. The third kappa shape index (κ3) is 1.94. The predicted octanol–water partition coefficient (Wildman–Crippen LogP) is 3.09. The molecule has 2 rings (SSSR count). The van der Waals surface area contributed by atoms with Crippen molar-refractivity contribution in [1.82, 2.24) is 9.97 Å². The maximum Gasteiger partial charge on any atom is 0.198 e. The van der Waals surface area contributed by atoms with Gasteiger partial charge in [-0.3, -0.25) is 0 Å². The first-order valence-corrected chi connectivity index (χ1v) is 5.50. The molecular weight excluding hydrogens is 198 g/mol. The average molecular weight is 215 g/mol. The van der Waals surface area contributed by atoms with Gasteiger partial charge in [0, 0.05) is 11.3 Å². The fraction of sp³-hybridized carbons (Fsp3) is 0.308. The van der Waals surface area contributed by atoms with Crippen molar-refractivity contribution in [3.05, 3.63) is 35.5 Å². The van der Waals surface area contributed by atoms with Crippen LogP contribution in [0.3, 0.4) is 0 Å². The van der Waals surface area contributed by atoms with Gasteiger partial charge in [-0.05, 0) is 12.8 Å². The van der Waals surface area contributed by atoms with Gasteiger partial charge in [0.1, 0.15) is 0 Å². The van der Waals surface area contributed by atoms with Crippen molar-refractivity contribution in [3.8, 4) is 11.3 Å². The molecule has 0 aliphatic heterocycles. The molecule has 0 fully saturated rings. The van der Waals surface area contributed by atoms with Gasteiger partial charge < -0.3 is 10.7 Å². The molecule has 3 N–H and O–H groups in total. The molecule has 0 saturated carbocycles. The number of hydrogen-bond donors (Lipinski definition) is 2. The van der Waals surface area contributed by atoms with Crippen molar-refractivity contribution in [2.75, 3.05) is 5.73 Å². The normalized spacial score (nSPS) is 11.0. The Hall–Kier alpha value is -1.77. The van der Waals surface area contributed by atoms with Crippen LogP contribution < -0.4 is 5.73 Å². The van der Waals surface area contributed by atoms with Gasteiger partial charge in [-0.2, -0.15) is 0 Å². The summed E-state index contributed by atoms with van der Waals surface area (Å²) in [6, 6.07) is 8.34. The van der Waals surface area contributed by atoms with E-state index in [2.05, 4.69) is 55.0 Å². The highest BCUT2D eigenvalue weighted by Crippen LogP contribution is 2.27. The number of nitrogens with two attached hydrogens (primary N) is 1. The third-order valence-electron chi connectivity index (χ3n) is 2.65. The first-order valence-electron chi connectivity index (χ1n) is 5.50. The van der Waals surface area contributed by atoms with Crippen LogP contribution in [0, 0.1) is 6.92 Å². The largest absolute Gasteiger partial charge is 0.369 e. The van der Waals surface area contributed by atoms with E-state index in [1.54, 1.807) is 0 Å². The van der Waals surface area contributed by atoms with E-state index >= 15 is 0 Å². The Morgan fingerprint density at radius 1 is 1.19 bits per heavy atom. The maximum absolute atomic E-state index is 5.72. The molecule has 0 aliphatic rings.